The highest BCUT2D eigenvalue weighted by molar-refractivity contribution is 6.32. The van der Waals surface area contributed by atoms with Crippen LogP contribution >= 0.6 is 11.6 Å². The van der Waals surface area contributed by atoms with E-state index in [1.54, 1.807) is 4.90 Å². The standard InChI is InChI=1S/C15H15ClF3NO2/c16-13-3-2-11(15(17,18)19)9-10(13)1-4-14(22)20-7-5-12(21)6-8-20/h1-4,9,12,21H,5-8H2. The summed E-state index contributed by atoms with van der Waals surface area (Å²) in [6.07, 6.45) is -1.36. The maximum Gasteiger partial charge on any atom is 0.416 e. The summed E-state index contributed by atoms with van der Waals surface area (Å²) < 4.78 is 38.0. The van der Waals surface area contributed by atoms with Crippen molar-refractivity contribution < 1.29 is 23.1 Å². The fraction of sp³-hybridized carbons (Fsp3) is 0.400. The van der Waals surface area contributed by atoms with Gasteiger partial charge in [0.1, 0.15) is 0 Å². The van der Waals surface area contributed by atoms with Crippen LogP contribution < -0.4 is 0 Å². The van der Waals surface area contributed by atoms with Gasteiger partial charge in [-0.05, 0) is 42.7 Å². The number of aliphatic hydroxyl groups excluding tert-OH is 1. The predicted octanol–water partition coefficient (Wildman–Crippen LogP) is 3.36. The molecule has 1 N–H and O–H groups in total. The molecule has 22 heavy (non-hydrogen) atoms. The van der Waals surface area contributed by atoms with Gasteiger partial charge in [0.2, 0.25) is 5.91 Å². The van der Waals surface area contributed by atoms with E-state index in [0.29, 0.717) is 25.9 Å². The van der Waals surface area contributed by atoms with Crippen molar-refractivity contribution >= 4 is 23.6 Å². The second-order valence-corrected chi connectivity index (χ2v) is 5.53. The number of nitrogens with zero attached hydrogens (tertiary/aromatic N) is 1. The molecular weight excluding hydrogens is 319 g/mol. The molecule has 1 heterocycles. The Bertz CT molecular complexity index is 579. The largest absolute Gasteiger partial charge is 0.416 e. The zero-order valence-corrected chi connectivity index (χ0v) is 12.4. The summed E-state index contributed by atoms with van der Waals surface area (Å²) >= 11 is 5.86. The third kappa shape index (κ3) is 4.24. The van der Waals surface area contributed by atoms with Gasteiger partial charge in [-0.3, -0.25) is 4.79 Å². The summed E-state index contributed by atoms with van der Waals surface area (Å²) in [5, 5.41) is 9.52. The van der Waals surface area contributed by atoms with Gasteiger partial charge in [0.25, 0.3) is 0 Å². The van der Waals surface area contributed by atoms with Gasteiger partial charge in [-0.2, -0.15) is 13.2 Å². The van der Waals surface area contributed by atoms with Crippen molar-refractivity contribution in [3.63, 3.8) is 0 Å². The maximum atomic E-state index is 12.7. The van der Waals surface area contributed by atoms with Crippen LogP contribution in [0.25, 0.3) is 6.08 Å². The third-order valence-electron chi connectivity index (χ3n) is 3.50. The fourth-order valence-electron chi connectivity index (χ4n) is 2.20. The number of halogens is 4. The van der Waals surface area contributed by atoms with Crippen LogP contribution in [0, 0.1) is 0 Å². The molecule has 0 aliphatic carbocycles. The molecule has 1 aliphatic heterocycles. The molecule has 0 bridgehead atoms. The molecule has 0 atom stereocenters. The van der Waals surface area contributed by atoms with E-state index in [0.717, 1.165) is 18.2 Å². The number of carbonyl (C=O) groups excluding carboxylic acids is 1. The normalized spacial score (nSPS) is 17.2. The van der Waals surface area contributed by atoms with Gasteiger partial charge in [-0.1, -0.05) is 11.6 Å². The molecule has 7 heteroatoms. The number of piperidine rings is 1. The molecule has 1 aromatic rings. The van der Waals surface area contributed by atoms with E-state index in [4.69, 9.17) is 11.6 Å². The molecule has 2 rings (SSSR count). The Labute approximate surface area is 131 Å². The Kier molecular flexibility index (Phi) is 5.13. The van der Waals surface area contributed by atoms with Crippen molar-refractivity contribution in [2.75, 3.05) is 13.1 Å². The molecule has 0 aromatic heterocycles. The molecule has 0 radical (unpaired) electrons. The van der Waals surface area contributed by atoms with Gasteiger partial charge in [-0.25, -0.2) is 0 Å². The Hall–Kier alpha value is -1.53. The number of benzene rings is 1. The molecule has 0 spiro atoms. The van der Waals surface area contributed by atoms with Gasteiger partial charge >= 0.3 is 6.18 Å². The quantitative estimate of drug-likeness (QED) is 0.843. The zero-order chi connectivity index (χ0) is 16.3. The van der Waals surface area contributed by atoms with Crippen molar-refractivity contribution in [1.82, 2.24) is 4.90 Å². The van der Waals surface area contributed by atoms with E-state index in [-0.39, 0.29) is 16.5 Å². The van der Waals surface area contributed by atoms with Crippen LogP contribution in [0.4, 0.5) is 13.2 Å². The van der Waals surface area contributed by atoms with Gasteiger partial charge in [0.15, 0.2) is 0 Å². The van der Waals surface area contributed by atoms with E-state index in [9.17, 15) is 23.1 Å². The minimum Gasteiger partial charge on any atom is -0.393 e. The highest BCUT2D eigenvalue weighted by Gasteiger charge is 2.30. The van der Waals surface area contributed by atoms with Crippen LogP contribution in [0.2, 0.25) is 5.02 Å². The number of amides is 1. The molecule has 0 unspecified atom stereocenters. The number of alkyl halides is 3. The SMILES string of the molecule is O=C(C=Cc1cc(C(F)(F)F)ccc1Cl)N1CCC(O)CC1. The molecule has 1 amide bonds. The Balaban J connectivity index is 2.11. The van der Waals surface area contributed by atoms with Crippen molar-refractivity contribution in [3.8, 4) is 0 Å². The number of aliphatic hydroxyl groups is 1. The fourth-order valence-corrected chi connectivity index (χ4v) is 2.38. The maximum absolute atomic E-state index is 12.7. The molecule has 1 fully saturated rings. The summed E-state index contributed by atoms with van der Waals surface area (Å²) in [7, 11) is 0. The van der Waals surface area contributed by atoms with Crippen LogP contribution in [-0.4, -0.2) is 35.1 Å². The van der Waals surface area contributed by atoms with Crippen molar-refractivity contribution in [1.29, 1.82) is 0 Å². The van der Waals surface area contributed by atoms with E-state index in [1.807, 2.05) is 0 Å². The number of hydrogen-bond donors (Lipinski definition) is 1. The first-order valence-corrected chi connectivity index (χ1v) is 7.17. The first-order chi connectivity index (χ1) is 10.3. The Morgan fingerprint density at radius 3 is 2.55 bits per heavy atom. The molecule has 3 nitrogen and oxygen atoms in total. The molecule has 1 saturated heterocycles. The summed E-state index contributed by atoms with van der Waals surface area (Å²) in [4.78, 5) is 13.5. The first-order valence-electron chi connectivity index (χ1n) is 6.79. The van der Waals surface area contributed by atoms with Gasteiger partial charge in [-0.15, -0.1) is 0 Å². The third-order valence-corrected chi connectivity index (χ3v) is 3.85. The second-order valence-electron chi connectivity index (χ2n) is 5.12. The lowest BCUT2D eigenvalue weighted by atomic mass is 10.1. The first kappa shape index (κ1) is 16.8. The number of carbonyl (C=O) groups is 1. The molecule has 1 aliphatic rings. The highest BCUT2D eigenvalue weighted by Crippen LogP contribution is 2.32. The van der Waals surface area contributed by atoms with Crippen LogP contribution in [0.15, 0.2) is 24.3 Å². The Morgan fingerprint density at radius 1 is 1.32 bits per heavy atom. The van der Waals surface area contributed by atoms with Gasteiger partial charge in [0.05, 0.1) is 11.7 Å². The summed E-state index contributed by atoms with van der Waals surface area (Å²) in [5.41, 5.74) is -0.674. The van der Waals surface area contributed by atoms with E-state index >= 15 is 0 Å². The monoisotopic (exact) mass is 333 g/mol. The Morgan fingerprint density at radius 2 is 1.95 bits per heavy atom. The molecule has 1 aromatic carbocycles. The van der Waals surface area contributed by atoms with Crippen molar-refractivity contribution in [2.24, 2.45) is 0 Å². The van der Waals surface area contributed by atoms with Crippen LogP contribution in [0.5, 0.6) is 0 Å². The molecule has 0 saturated carbocycles. The van der Waals surface area contributed by atoms with Crippen LogP contribution in [0.1, 0.15) is 24.0 Å². The summed E-state index contributed by atoms with van der Waals surface area (Å²) in [6, 6.07) is 2.96. The predicted molar refractivity (Wildman–Crippen MR) is 77.3 cm³/mol. The number of rotatable bonds is 2. The van der Waals surface area contributed by atoms with Gasteiger partial charge in [0, 0.05) is 24.2 Å². The molecular formula is C15H15ClF3NO2. The zero-order valence-electron chi connectivity index (χ0n) is 11.6. The van der Waals surface area contributed by atoms with E-state index in [1.165, 1.54) is 12.2 Å². The number of hydrogen-bond acceptors (Lipinski definition) is 2. The highest BCUT2D eigenvalue weighted by atomic mass is 35.5. The minimum absolute atomic E-state index is 0.141. The van der Waals surface area contributed by atoms with Crippen molar-refractivity contribution in [3.05, 3.63) is 40.4 Å². The van der Waals surface area contributed by atoms with E-state index in [2.05, 4.69) is 0 Å². The lowest BCUT2D eigenvalue weighted by Gasteiger charge is -2.28. The number of likely N-dealkylation sites (tertiary alicyclic amines) is 1. The minimum atomic E-state index is -4.46. The average molecular weight is 334 g/mol. The topological polar surface area (TPSA) is 40.5 Å². The van der Waals surface area contributed by atoms with Gasteiger partial charge < -0.3 is 10.0 Å². The summed E-state index contributed by atoms with van der Waals surface area (Å²) in [6.45, 7) is 0.862. The lowest BCUT2D eigenvalue weighted by Crippen LogP contribution is -2.39. The van der Waals surface area contributed by atoms with E-state index < -0.39 is 17.8 Å². The summed E-state index contributed by atoms with van der Waals surface area (Å²) in [5.74, 6) is -0.305. The lowest BCUT2D eigenvalue weighted by molar-refractivity contribution is -0.137. The second kappa shape index (κ2) is 6.71. The van der Waals surface area contributed by atoms with Crippen LogP contribution in [-0.2, 0) is 11.0 Å². The average Bonchev–Trinajstić information content (AvgIpc) is 2.45. The van der Waals surface area contributed by atoms with Crippen LogP contribution in [0.3, 0.4) is 0 Å². The molecule has 120 valence electrons. The van der Waals surface area contributed by atoms with Crippen molar-refractivity contribution in [2.45, 2.75) is 25.1 Å². The smallest absolute Gasteiger partial charge is 0.393 e.